The highest BCUT2D eigenvalue weighted by Crippen LogP contribution is 2.82. The van der Waals surface area contributed by atoms with Crippen LogP contribution in [0.15, 0.2) is 60.7 Å². The Morgan fingerprint density at radius 3 is 1.37 bits per heavy atom. The van der Waals surface area contributed by atoms with Gasteiger partial charge in [0.1, 0.15) is 29.1 Å². The number of nitrogens with zero attached hydrogens (tertiary/aromatic N) is 1. The van der Waals surface area contributed by atoms with E-state index in [0.717, 1.165) is 24.3 Å². The van der Waals surface area contributed by atoms with Crippen molar-refractivity contribution in [2.24, 2.45) is 10.8 Å². The molecule has 2 unspecified atom stereocenters. The van der Waals surface area contributed by atoms with Crippen molar-refractivity contribution in [3.63, 3.8) is 0 Å². The Bertz CT molecular complexity index is 2600. The third-order valence-electron chi connectivity index (χ3n) is 9.24. The first kappa shape index (κ1) is 52.9. The lowest BCUT2D eigenvalue weighted by molar-refractivity contribution is -0.160. The summed E-state index contributed by atoms with van der Waals surface area (Å²) in [5.41, 5.74) is 1.63. The third kappa shape index (κ3) is 12.2. The number of esters is 2. The van der Waals surface area contributed by atoms with Crippen LogP contribution in [0.3, 0.4) is 0 Å². The van der Waals surface area contributed by atoms with E-state index < -0.39 is 106 Å². The molecule has 0 amide bonds. The molecule has 0 aliphatic rings. The summed E-state index contributed by atoms with van der Waals surface area (Å²) in [5, 5.41) is 8.20. The first-order valence-electron chi connectivity index (χ1n) is 19.3. The van der Waals surface area contributed by atoms with Crippen LogP contribution in [0, 0.1) is 22.2 Å². The number of nitrogens with two attached hydrogens (primary N) is 1. The Kier molecular flexibility index (Phi) is 16.3. The number of alkyl halides is 6. The molecule has 0 radical (unpaired) electrons. The molecular formula is C43H44Cl2F6N2O10P2. The van der Waals surface area contributed by atoms with Gasteiger partial charge in [-0.1, -0.05) is 37.0 Å². The van der Waals surface area contributed by atoms with Gasteiger partial charge >= 0.3 is 38.4 Å². The molecule has 4 rings (SSSR count). The predicted molar refractivity (Wildman–Crippen MR) is 231 cm³/mol. The van der Waals surface area contributed by atoms with Crippen LogP contribution in [0.5, 0.6) is 23.0 Å². The van der Waals surface area contributed by atoms with Crippen molar-refractivity contribution < 1.29 is 73.1 Å². The lowest BCUT2D eigenvalue weighted by Crippen LogP contribution is -2.27. The van der Waals surface area contributed by atoms with Crippen molar-refractivity contribution in [2.45, 2.75) is 80.6 Å². The van der Waals surface area contributed by atoms with Crippen LogP contribution >= 0.6 is 37.3 Å². The maximum atomic E-state index is 16.2. The standard InChI is InChI=1S/C43H44Cl2F6N2O10P2/c1-9-24-15-26(21-52)36(19-34(24)62-32-13-11-27(17-29(32)44)42(46,47)48)64(56,60-22-58-38(54)40(3,4)5)65(57,61-23-59-39(55)41(6,7)8)37-20-35(25(10-2)16-31(37)53)63-33-14-12-28(18-30(33)45)43(49,50)51/h11-20H,9-10,22-23,53H2,1-8H3. The van der Waals surface area contributed by atoms with Gasteiger partial charge in [0.05, 0.1) is 48.2 Å². The van der Waals surface area contributed by atoms with Crippen LogP contribution in [0.2, 0.25) is 10.0 Å². The molecule has 0 fully saturated rings. The molecule has 2 N–H and O–H groups in total. The summed E-state index contributed by atoms with van der Waals surface area (Å²) < 4.78 is 148. The number of hydrogen-bond donors (Lipinski definition) is 1. The quantitative estimate of drug-likeness (QED) is 0.0393. The third-order valence-corrected chi connectivity index (χ3v) is 17.5. The topological polar surface area (TPSA) is 173 Å². The van der Waals surface area contributed by atoms with E-state index >= 15 is 9.13 Å². The number of carbonyl (C=O) groups is 2. The molecule has 0 aliphatic heterocycles. The Balaban J connectivity index is 2.08. The van der Waals surface area contributed by atoms with Gasteiger partial charge in [-0.25, -0.2) is 0 Å². The van der Waals surface area contributed by atoms with Gasteiger partial charge in [0.2, 0.25) is 0 Å². The van der Waals surface area contributed by atoms with Gasteiger partial charge in [-0.05, 0) is 126 Å². The molecule has 2 atom stereocenters. The Labute approximate surface area is 381 Å². The fraction of sp³-hybridized carbons (Fsp3) is 0.372. The zero-order chi connectivity index (χ0) is 49.1. The highest BCUT2D eigenvalue weighted by atomic mass is 35.5. The van der Waals surface area contributed by atoms with Crippen LogP contribution < -0.4 is 25.8 Å². The molecule has 0 saturated heterocycles. The minimum Gasteiger partial charge on any atom is -0.455 e. The van der Waals surface area contributed by atoms with Crippen molar-refractivity contribution in [1.29, 1.82) is 5.26 Å². The minimum atomic E-state index is -5.58. The SMILES string of the molecule is CCc1cc(N)c(P(=O)(OCOC(=O)C(C)(C)C)P(=O)(OCOC(=O)C(C)(C)C)c2cc(Oc3ccc(C(F)(F)F)cc3Cl)c(CC)cc2C#N)cc1Oc1ccc(C(F)(F)F)cc1Cl. The number of halogens is 8. The van der Waals surface area contributed by atoms with Crippen LogP contribution in [-0.4, -0.2) is 25.5 Å². The molecule has 65 heavy (non-hydrogen) atoms. The molecule has 0 spiro atoms. The number of anilines is 1. The van der Waals surface area contributed by atoms with Gasteiger partial charge in [-0.3, -0.25) is 27.8 Å². The molecule has 4 aromatic rings. The van der Waals surface area contributed by atoms with E-state index in [0.29, 0.717) is 24.3 Å². The fourth-order valence-corrected chi connectivity index (χ4v) is 12.9. The number of rotatable bonds is 15. The second kappa shape index (κ2) is 20.0. The predicted octanol–water partition coefficient (Wildman–Crippen LogP) is 12.7. The normalized spacial score (nSPS) is 14.1. The molecular weight excluding hydrogens is 951 g/mol. The monoisotopic (exact) mass is 994 g/mol. The summed E-state index contributed by atoms with van der Waals surface area (Å²) >= 11 is 12.5. The summed E-state index contributed by atoms with van der Waals surface area (Å²) in [7, 11) is -11.1. The Hall–Kier alpha value is -4.75. The highest BCUT2D eigenvalue weighted by molar-refractivity contribution is 8.38. The number of nitriles is 1. The molecule has 0 aliphatic carbocycles. The van der Waals surface area contributed by atoms with Crippen molar-refractivity contribution in [2.75, 3.05) is 19.3 Å². The van der Waals surface area contributed by atoms with Gasteiger partial charge in [0, 0.05) is 5.69 Å². The van der Waals surface area contributed by atoms with E-state index in [1.807, 2.05) is 6.07 Å². The molecule has 0 aromatic heterocycles. The van der Waals surface area contributed by atoms with Gasteiger partial charge < -0.3 is 24.7 Å². The van der Waals surface area contributed by atoms with Crippen LogP contribution in [-0.2, 0) is 62.4 Å². The van der Waals surface area contributed by atoms with E-state index in [1.54, 1.807) is 13.8 Å². The van der Waals surface area contributed by atoms with Crippen molar-refractivity contribution in [3.05, 3.63) is 98.5 Å². The van der Waals surface area contributed by atoms with E-state index in [2.05, 4.69) is 0 Å². The minimum absolute atomic E-state index is 0.0897. The van der Waals surface area contributed by atoms with Gasteiger partial charge in [-0.15, -0.1) is 0 Å². The summed E-state index contributed by atoms with van der Waals surface area (Å²) in [6.45, 7) is 9.79. The van der Waals surface area contributed by atoms with Crippen LogP contribution in [0.4, 0.5) is 32.0 Å². The molecule has 0 saturated carbocycles. The number of aryl methyl sites for hydroxylation is 2. The number of nitrogen functional groups attached to an aromatic ring is 1. The maximum absolute atomic E-state index is 16.2. The highest BCUT2D eigenvalue weighted by Gasteiger charge is 2.54. The summed E-state index contributed by atoms with van der Waals surface area (Å²) in [6, 6.07) is 10.7. The van der Waals surface area contributed by atoms with E-state index in [9.17, 15) is 41.2 Å². The average Bonchev–Trinajstić information content (AvgIpc) is 3.20. The van der Waals surface area contributed by atoms with Crippen molar-refractivity contribution in [3.8, 4) is 29.1 Å². The van der Waals surface area contributed by atoms with E-state index in [4.69, 9.17) is 56.9 Å². The van der Waals surface area contributed by atoms with Crippen LogP contribution in [0.1, 0.15) is 83.2 Å². The molecule has 22 heteroatoms. The van der Waals surface area contributed by atoms with Gasteiger partial charge in [-0.2, -0.15) is 31.6 Å². The number of benzene rings is 4. The summed E-state index contributed by atoms with van der Waals surface area (Å²) in [5.74, 6) is -2.90. The largest absolute Gasteiger partial charge is 0.455 e. The average molecular weight is 996 g/mol. The van der Waals surface area contributed by atoms with Gasteiger partial charge in [0.25, 0.3) is 0 Å². The first-order valence-corrected chi connectivity index (χ1v) is 24.1. The molecule has 4 aromatic carbocycles. The Morgan fingerprint density at radius 1 is 0.631 bits per heavy atom. The molecule has 352 valence electrons. The summed E-state index contributed by atoms with van der Waals surface area (Å²) in [6.07, 6.45) is -9.31. The number of ether oxygens (including phenoxy) is 4. The molecule has 0 bridgehead atoms. The molecule has 0 heterocycles. The van der Waals surface area contributed by atoms with E-state index in [-0.39, 0.29) is 47.0 Å². The summed E-state index contributed by atoms with van der Waals surface area (Å²) in [4.78, 5) is 25.9. The van der Waals surface area contributed by atoms with Crippen molar-refractivity contribution >= 4 is 65.6 Å². The van der Waals surface area contributed by atoms with Crippen LogP contribution in [0.25, 0.3) is 0 Å². The second-order valence-corrected chi connectivity index (χ2v) is 23.7. The Morgan fingerprint density at radius 2 is 1.02 bits per heavy atom. The van der Waals surface area contributed by atoms with Gasteiger partial charge in [0.15, 0.2) is 13.6 Å². The zero-order valence-electron chi connectivity index (χ0n) is 36.1. The first-order chi connectivity index (χ1) is 29.9. The molecule has 12 nitrogen and oxygen atoms in total. The lowest BCUT2D eigenvalue weighted by atomic mass is 9.98. The van der Waals surface area contributed by atoms with E-state index in [1.165, 1.54) is 53.7 Å². The van der Waals surface area contributed by atoms with Crippen molar-refractivity contribution in [1.82, 2.24) is 0 Å². The number of hydrogen-bond acceptors (Lipinski definition) is 12. The fourth-order valence-electron chi connectivity index (χ4n) is 5.62. The smallest absolute Gasteiger partial charge is 0.416 e. The number of carbonyl (C=O) groups excluding carboxylic acids is 2. The second-order valence-electron chi connectivity index (χ2n) is 16.2. The lowest BCUT2D eigenvalue weighted by Gasteiger charge is -2.30. The maximum Gasteiger partial charge on any atom is 0.416 e. The zero-order valence-corrected chi connectivity index (χ0v) is 39.4.